The number of aliphatic hydroxyl groups is 2. The number of aliphatic hydroxyl groups excluding tert-OH is 2. The summed E-state index contributed by atoms with van der Waals surface area (Å²) in [5.74, 6) is 0. The first-order valence-corrected chi connectivity index (χ1v) is 9.93. The standard InChI is InChI=1S/C18H18ClN3O4S/c1-8-10-2-4-22(17(10)21-7-20-8)18-13(24)12(23)14(26-18)15-16-9(3-5-25-15)6-11(19)27-16/h2,4,6-7,12-15,18,23-24H,3,5H2,1H3/t12-,13+,14-,15?,18+/m0/s1. The maximum absolute atomic E-state index is 10.7. The van der Waals surface area contributed by atoms with Crippen molar-refractivity contribution in [2.75, 3.05) is 6.61 Å². The zero-order valence-electron chi connectivity index (χ0n) is 14.4. The van der Waals surface area contributed by atoms with Crippen molar-refractivity contribution in [1.29, 1.82) is 0 Å². The van der Waals surface area contributed by atoms with Gasteiger partial charge in [0, 0.05) is 16.5 Å². The molecule has 5 rings (SSSR count). The summed E-state index contributed by atoms with van der Waals surface area (Å²) in [6.07, 6.45) is -0.0580. The van der Waals surface area contributed by atoms with Crippen molar-refractivity contribution in [3.05, 3.63) is 45.1 Å². The molecule has 1 unspecified atom stereocenters. The molecule has 0 radical (unpaired) electrons. The Hall–Kier alpha value is -1.55. The molecule has 9 heteroatoms. The van der Waals surface area contributed by atoms with E-state index in [1.807, 2.05) is 19.1 Å². The minimum atomic E-state index is -1.11. The fraction of sp³-hybridized carbons (Fsp3) is 0.444. The quantitative estimate of drug-likeness (QED) is 0.678. The van der Waals surface area contributed by atoms with Gasteiger partial charge < -0.3 is 24.3 Å². The normalized spacial score (nSPS) is 30.7. The van der Waals surface area contributed by atoms with Crippen LogP contribution in [0.15, 0.2) is 24.7 Å². The molecular weight excluding hydrogens is 390 g/mol. The molecule has 1 fully saturated rings. The highest BCUT2D eigenvalue weighted by Gasteiger charge is 2.49. The number of aromatic nitrogens is 3. The number of fused-ring (bicyclic) bond motifs is 2. The molecule has 3 aromatic heterocycles. The number of hydrogen-bond acceptors (Lipinski definition) is 7. The van der Waals surface area contributed by atoms with Crippen molar-refractivity contribution in [3.63, 3.8) is 0 Å². The van der Waals surface area contributed by atoms with Gasteiger partial charge in [0.25, 0.3) is 0 Å². The zero-order valence-corrected chi connectivity index (χ0v) is 16.0. The summed E-state index contributed by atoms with van der Waals surface area (Å²) in [6.45, 7) is 2.42. The summed E-state index contributed by atoms with van der Waals surface area (Å²) in [5, 5.41) is 22.3. The van der Waals surface area contributed by atoms with E-state index >= 15 is 0 Å². The summed E-state index contributed by atoms with van der Waals surface area (Å²) >= 11 is 7.60. The molecule has 0 aliphatic carbocycles. The number of rotatable bonds is 2. The molecule has 142 valence electrons. The summed E-state index contributed by atoms with van der Waals surface area (Å²) < 4.78 is 14.5. The third-order valence-corrected chi connectivity index (χ3v) is 6.66. The highest BCUT2D eigenvalue weighted by molar-refractivity contribution is 7.16. The lowest BCUT2D eigenvalue weighted by Gasteiger charge is -2.29. The highest BCUT2D eigenvalue weighted by Crippen LogP contribution is 2.44. The minimum Gasteiger partial charge on any atom is -0.387 e. The Labute approximate surface area is 164 Å². The first-order valence-electron chi connectivity index (χ1n) is 8.74. The van der Waals surface area contributed by atoms with Crippen molar-refractivity contribution < 1.29 is 19.7 Å². The highest BCUT2D eigenvalue weighted by atomic mass is 35.5. The van der Waals surface area contributed by atoms with Gasteiger partial charge in [-0.05, 0) is 31.0 Å². The van der Waals surface area contributed by atoms with Crippen LogP contribution in [-0.4, -0.2) is 49.7 Å². The number of nitrogens with zero attached hydrogens (tertiary/aromatic N) is 3. The summed E-state index contributed by atoms with van der Waals surface area (Å²) in [5.41, 5.74) is 2.62. The molecule has 2 N–H and O–H groups in total. The predicted octanol–water partition coefficient (Wildman–Crippen LogP) is 2.39. The van der Waals surface area contributed by atoms with E-state index in [2.05, 4.69) is 9.97 Å². The van der Waals surface area contributed by atoms with Gasteiger partial charge in [-0.2, -0.15) is 0 Å². The molecule has 1 saturated heterocycles. The topological polar surface area (TPSA) is 89.6 Å². The van der Waals surface area contributed by atoms with Crippen LogP contribution in [0, 0.1) is 6.92 Å². The smallest absolute Gasteiger partial charge is 0.164 e. The van der Waals surface area contributed by atoms with Gasteiger partial charge in [-0.25, -0.2) is 9.97 Å². The summed E-state index contributed by atoms with van der Waals surface area (Å²) in [7, 11) is 0. The number of halogens is 1. The Morgan fingerprint density at radius 3 is 3.00 bits per heavy atom. The molecule has 0 amide bonds. The molecule has 0 saturated carbocycles. The molecule has 0 bridgehead atoms. The number of aryl methyl sites for hydroxylation is 1. The van der Waals surface area contributed by atoms with E-state index in [1.54, 1.807) is 10.8 Å². The van der Waals surface area contributed by atoms with Crippen molar-refractivity contribution >= 4 is 34.0 Å². The third-order valence-electron chi connectivity index (χ3n) is 5.30. The average Bonchev–Trinajstić information content (AvgIpc) is 3.32. The van der Waals surface area contributed by atoms with Gasteiger partial charge in [-0.1, -0.05) is 11.6 Å². The Balaban J connectivity index is 1.50. The fourth-order valence-corrected chi connectivity index (χ4v) is 5.33. The molecule has 5 heterocycles. The molecule has 5 atom stereocenters. The van der Waals surface area contributed by atoms with Crippen LogP contribution in [0.25, 0.3) is 11.0 Å². The van der Waals surface area contributed by atoms with Gasteiger partial charge >= 0.3 is 0 Å². The van der Waals surface area contributed by atoms with Gasteiger partial charge in [0.15, 0.2) is 6.23 Å². The van der Waals surface area contributed by atoms with Crippen LogP contribution < -0.4 is 0 Å². The molecule has 2 aliphatic rings. The van der Waals surface area contributed by atoms with Crippen LogP contribution in [0.5, 0.6) is 0 Å². The van der Waals surface area contributed by atoms with Gasteiger partial charge in [0.2, 0.25) is 0 Å². The second-order valence-corrected chi connectivity index (χ2v) is 8.59. The number of hydrogen-bond donors (Lipinski definition) is 2. The number of thiophene rings is 1. The second kappa shape index (κ2) is 6.51. The first-order chi connectivity index (χ1) is 13.0. The lowest BCUT2D eigenvalue weighted by Crippen LogP contribution is -2.37. The molecule has 2 aliphatic heterocycles. The molecule has 0 spiro atoms. The Kier molecular flexibility index (Phi) is 4.23. The van der Waals surface area contributed by atoms with E-state index in [-0.39, 0.29) is 0 Å². The van der Waals surface area contributed by atoms with Crippen molar-refractivity contribution in [1.82, 2.24) is 14.5 Å². The van der Waals surface area contributed by atoms with Crippen LogP contribution in [0.1, 0.15) is 28.5 Å². The molecule has 27 heavy (non-hydrogen) atoms. The van der Waals surface area contributed by atoms with E-state index in [0.29, 0.717) is 16.6 Å². The van der Waals surface area contributed by atoms with Gasteiger partial charge in [-0.15, -0.1) is 11.3 Å². The number of ether oxygens (including phenoxy) is 2. The second-order valence-electron chi connectivity index (χ2n) is 6.87. The van der Waals surface area contributed by atoms with Crippen LogP contribution >= 0.6 is 22.9 Å². The Morgan fingerprint density at radius 1 is 1.30 bits per heavy atom. The van der Waals surface area contributed by atoms with Crippen molar-refractivity contribution in [3.8, 4) is 0 Å². The SMILES string of the molecule is Cc1ncnc2c1ccn2[C@@H]1O[C@H](C2OCCc3cc(Cl)sc32)[C@@H](O)[C@H]1O. The summed E-state index contributed by atoms with van der Waals surface area (Å²) in [6, 6.07) is 3.82. The monoisotopic (exact) mass is 407 g/mol. The van der Waals surface area contributed by atoms with E-state index in [4.69, 9.17) is 21.1 Å². The average molecular weight is 408 g/mol. The lowest BCUT2D eigenvalue weighted by atomic mass is 9.99. The van der Waals surface area contributed by atoms with Crippen molar-refractivity contribution in [2.45, 2.75) is 44.0 Å². The maximum atomic E-state index is 10.7. The molecule has 3 aromatic rings. The first kappa shape index (κ1) is 17.5. The van der Waals surface area contributed by atoms with Gasteiger partial charge in [0.1, 0.15) is 36.4 Å². The largest absolute Gasteiger partial charge is 0.387 e. The summed E-state index contributed by atoms with van der Waals surface area (Å²) in [4.78, 5) is 9.46. The third kappa shape index (κ3) is 2.71. The molecule has 0 aromatic carbocycles. The predicted molar refractivity (Wildman–Crippen MR) is 99.9 cm³/mol. The van der Waals surface area contributed by atoms with Crippen LogP contribution in [0.2, 0.25) is 4.34 Å². The molecular formula is C18H18ClN3O4S. The van der Waals surface area contributed by atoms with E-state index in [1.165, 1.54) is 17.7 Å². The van der Waals surface area contributed by atoms with E-state index < -0.39 is 30.6 Å². The lowest BCUT2D eigenvalue weighted by molar-refractivity contribution is -0.112. The van der Waals surface area contributed by atoms with Crippen LogP contribution in [0.3, 0.4) is 0 Å². The maximum Gasteiger partial charge on any atom is 0.164 e. The van der Waals surface area contributed by atoms with E-state index in [0.717, 1.165) is 27.9 Å². The van der Waals surface area contributed by atoms with E-state index in [9.17, 15) is 10.2 Å². The Bertz CT molecular complexity index is 1010. The Morgan fingerprint density at radius 2 is 2.15 bits per heavy atom. The van der Waals surface area contributed by atoms with Gasteiger partial charge in [0.05, 0.1) is 16.6 Å². The fourth-order valence-electron chi connectivity index (χ4n) is 3.93. The minimum absolute atomic E-state index is 0.459. The zero-order chi connectivity index (χ0) is 18.7. The van der Waals surface area contributed by atoms with Crippen LogP contribution in [0.4, 0.5) is 0 Å². The molecule has 7 nitrogen and oxygen atoms in total. The van der Waals surface area contributed by atoms with Crippen molar-refractivity contribution in [2.24, 2.45) is 0 Å². The van der Waals surface area contributed by atoms with Crippen LogP contribution in [-0.2, 0) is 15.9 Å². The van der Waals surface area contributed by atoms with Gasteiger partial charge in [-0.3, -0.25) is 0 Å².